The van der Waals surface area contributed by atoms with Crippen molar-refractivity contribution < 1.29 is 4.74 Å². The number of nitrogens with one attached hydrogen (secondary N) is 1. The van der Waals surface area contributed by atoms with Gasteiger partial charge in [-0.1, -0.05) is 0 Å². The third-order valence-corrected chi connectivity index (χ3v) is 3.26. The monoisotopic (exact) mass is 330 g/mol. The molecular formula is C10H11IN4O. The highest BCUT2D eigenvalue weighted by Gasteiger charge is 2.16. The molecular weight excluding hydrogens is 319 g/mol. The summed E-state index contributed by atoms with van der Waals surface area (Å²) < 4.78 is 6.43. The van der Waals surface area contributed by atoms with Crippen molar-refractivity contribution in [1.82, 2.24) is 15.0 Å². The number of hydrogen-bond acceptors (Lipinski definition) is 4. The Kier molecular flexibility index (Phi) is 2.68. The van der Waals surface area contributed by atoms with Crippen molar-refractivity contribution in [3.8, 4) is 0 Å². The highest BCUT2D eigenvalue weighted by atomic mass is 127. The van der Waals surface area contributed by atoms with E-state index in [1.54, 1.807) is 6.33 Å². The molecule has 6 heteroatoms. The maximum absolute atomic E-state index is 5.34. The van der Waals surface area contributed by atoms with Gasteiger partial charge in [0.25, 0.3) is 0 Å². The van der Waals surface area contributed by atoms with Gasteiger partial charge < -0.3 is 14.6 Å². The highest BCUT2D eigenvalue weighted by Crippen LogP contribution is 2.24. The molecule has 0 unspecified atom stereocenters. The van der Waals surface area contributed by atoms with Crippen molar-refractivity contribution in [2.24, 2.45) is 0 Å². The van der Waals surface area contributed by atoms with Gasteiger partial charge in [-0.2, -0.15) is 0 Å². The zero-order valence-corrected chi connectivity index (χ0v) is 10.8. The first-order valence-corrected chi connectivity index (χ1v) is 6.24. The van der Waals surface area contributed by atoms with Crippen molar-refractivity contribution in [3.63, 3.8) is 0 Å². The van der Waals surface area contributed by atoms with Crippen LogP contribution in [0.5, 0.6) is 0 Å². The summed E-state index contributed by atoms with van der Waals surface area (Å²) in [4.78, 5) is 14.1. The number of morpholine rings is 1. The third kappa shape index (κ3) is 1.75. The lowest BCUT2D eigenvalue weighted by Crippen LogP contribution is -2.36. The molecule has 0 amide bonds. The van der Waals surface area contributed by atoms with E-state index in [0.29, 0.717) is 0 Å². The Hall–Kier alpha value is -0.890. The number of halogens is 1. The normalized spacial score (nSPS) is 16.9. The maximum atomic E-state index is 5.34. The summed E-state index contributed by atoms with van der Waals surface area (Å²) in [5.41, 5.74) is 0.904. The van der Waals surface area contributed by atoms with E-state index in [9.17, 15) is 0 Å². The molecule has 0 bridgehead atoms. The van der Waals surface area contributed by atoms with Gasteiger partial charge in [0.1, 0.15) is 17.8 Å². The minimum Gasteiger partial charge on any atom is -0.378 e. The molecule has 16 heavy (non-hydrogen) atoms. The van der Waals surface area contributed by atoms with Crippen LogP contribution in [0, 0.1) is 3.70 Å². The molecule has 3 heterocycles. The zero-order chi connectivity index (χ0) is 11.0. The van der Waals surface area contributed by atoms with Crippen molar-refractivity contribution in [1.29, 1.82) is 0 Å². The Morgan fingerprint density at radius 3 is 2.94 bits per heavy atom. The predicted octanol–water partition coefficient (Wildman–Crippen LogP) is 1.40. The lowest BCUT2D eigenvalue weighted by molar-refractivity contribution is 0.122. The fourth-order valence-electron chi connectivity index (χ4n) is 1.92. The fraction of sp³-hybridized carbons (Fsp3) is 0.400. The number of hydrogen-bond donors (Lipinski definition) is 1. The second kappa shape index (κ2) is 4.17. The third-order valence-electron chi connectivity index (χ3n) is 2.68. The van der Waals surface area contributed by atoms with E-state index in [1.807, 2.05) is 0 Å². The van der Waals surface area contributed by atoms with Gasteiger partial charge in [0, 0.05) is 13.1 Å². The number of ether oxygens (including phenoxy) is 1. The van der Waals surface area contributed by atoms with Gasteiger partial charge in [0.2, 0.25) is 0 Å². The van der Waals surface area contributed by atoms with E-state index in [2.05, 4.69) is 48.5 Å². The fourth-order valence-corrected chi connectivity index (χ4v) is 2.49. The van der Waals surface area contributed by atoms with Crippen LogP contribution in [0.2, 0.25) is 0 Å². The number of rotatable bonds is 1. The van der Waals surface area contributed by atoms with Gasteiger partial charge in [0.05, 0.1) is 22.3 Å². The number of aromatic amines is 1. The van der Waals surface area contributed by atoms with E-state index in [0.717, 1.165) is 46.9 Å². The maximum Gasteiger partial charge on any atom is 0.143 e. The summed E-state index contributed by atoms with van der Waals surface area (Å²) in [6, 6.07) is 2.08. The minimum absolute atomic E-state index is 0.771. The molecule has 0 atom stereocenters. The second-order valence-electron chi connectivity index (χ2n) is 3.68. The largest absolute Gasteiger partial charge is 0.378 e. The molecule has 2 aromatic heterocycles. The van der Waals surface area contributed by atoms with Gasteiger partial charge >= 0.3 is 0 Å². The van der Waals surface area contributed by atoms with Gasteiger partial charge in [-0.25, -0.2) is 9.97 Å². The summed E-state index contributed by atoms with van der Waals surface area (Å²) in [6.45, 7) is 3.34. The van der Waals surface area contributed by atoms with Crippen molar-refractivity contribution in [2.45, 2.75) is 0 Å². The quantitative estimate of drug-likeness (QED) is 0.803. The molecule has 1 aliphatic heterocycles. The molecule has 5 nitrogen and oxygen atoms in total. The van der Waals surface area contributed by atoms with Crippen LogP contribution in [0.15, 0.2) is 12.4 Å². The first-order chi connectivity index (χ1) is 7.84. The highest BCUT2D eigenvalue weighted by molar-refractivity contribution is 14.1. The molecule has 0 aromatic carbocycles. The molecule has 1 saturated heterocycles. The lowest BCUT2D eigenvalue weighted by atomic mass is 10.3. The smallest absolute Gasteiger partial charge is 0.143 e. The number of aromatic nitrogens is 3. The number of nitrogens with zero attached hydrogens (tertiary/aromatic N) is 3. The summed E-state index contributed by atoms with van der Waals surface area (Å²) in [7, 11) is 0. The van der Waals surface area contributed by atoms with Crippen molar-refractivity contribution in [3.05, 3.63) is 16.1 Å². The molecule has 0 saturated carbocycles. The number of H-pyrrole nitrogens is 1. The van der Waals surface area contributed by atoms with Crippen LogP contribution in [-0.4, -0.2) is 41.3 Å². The van der Waals surface area contributed by atoms with Crippen LogP contribution in [-0.2, 0) is 4.74 Å². The predicted molar refractivity (Wildman–Crippen MR) is 69.6 cm³/mol. The molecule has 1 N–H and O–H groups in total. The molecule has 2 aromatic rings. The Morgan fingerprint density at radius 1 is 1.31 bits per heavy atom. The molecule has 0 aliphatic carbocycles. The second-order valence-corrected chi connectivity index (χ2v) is 4.84. The summed E-state index contributed by atoms with van der Waals surface area (Å²) >= 11 is 2.25. The summed E-state index contributed by atoms with van der Waals surface area (Å²) in [5.74, 6) is 1.01. The molecule has 1 aliphatic rings. The first-order valence-electron chi connectivity index (χ1n) is 5.16. The first kappa shape index (κ1) is 10.3. The van der Waals surface area contributed by atoms with Crippen LogP contribution in [0.3, 0.4) is 0 Å². The van der Waals surface area contributed by atoms with E-state index >= 15 is 0 Å². The van der Waals surface area contributed by atoms with Crippen LogP contribution in [0.25, 0.3) is 11.0 Å². The Labute approximate surface area is 106 Å². The molecule has 84 valence electrons. The molecule has 0 radical (unpaired) electrons. The Balaban J connectivity index is 2.07. The van der Waals surface area contributed by atoms with Crippen LogP contribution < -0.4 is 4.90 Å². The van der Waals surface area contributed by atoms with Crippen LogP contribution in [0.1, 0.15) is 0 Å². The topological polar surface area (TPSA) is 54.0 Å². The van der Waals surface area contributed by atoms with Crippen molar-refractivity contribution >= 4 is 39.4 Å². The lowest BCUT2D eigenvalue weighted by Gasteiger charge is -2.27. The summed E-state index contributed by atoms with van der Waals surface area (Å²) in [5, 5.41) is 1.09. The van der Waals surface area contributed by atoms with Gasteiger partial charge in [-0.15, -0.1) is 0 Å². The average Bonchev–Trinajstić information content (AvgIpc) is 2.70. The molecule has 0 spiro atoms. The average molecular weight is 330 g/mol. The van der Waals surface area contributed by atoms with E-state index in [1.165, 1.54) is 0 Å². The van der Waals surface area contributed by atoms with E-state index < -0.39 is 0 Å². The van der Waals surface area contributed by atoms with E-state index in [4.69, 9.17) is 4.74 Å². The molecule has 3 rings (SSSR count). The Bertz CT molecular complexity index is 506. The molecule has 1 fully saturated rings. The number of fused-ring (bicyclic) bond motifs is 1. The van der Waals surface area contributed by atoms with Crippen molar-refractivity contribution in [2.75, 3.05) is 31.2 Å². The standard InChI is InChI=1S/C10H11IN4O/c11-8-5-7-9(14-8)12-6-13-10(7)15-1-3-16-4-2-15/h5-6H,1-4H2,(H,12,13,14). The van der Waals surface area contributed by atoms with Gasteiger partial charge in [-0.05, 0) is 28.7 Å². The Morgan fingerprint density at radius 2 is 2.12 bits per heavy atom. The summed E-state index contributed by atoms with van der Waals surface area (Å²) in [6.07, 6.45) is 1.61. The van der Waals surface area contributed by atoms with Crippen LogP contribution >= 0.6 is 22.6 Å². The number of anilines is 1. The minimum atomic E-state index is 0.771. The zero-order valence-electron chi connectivity index (χ0n) is 8.61. The van der Waals surface area contributed by atoms with Gasteiger partial charge in [-0.3, -0.25) is 0 Å². The van der Waals surface area contributed by atoms with E-state index in [-0.39, 0.29) is 0 Å². The van der Waals surface area contributed by atoms with Crippen LogP contribution in [0.4, 0.5) is 5.82 Å². The SMILES string of the molecule is Ic1cc2c(N3CCOCC3)ncnc2[nH]1. The van der Waals surface area contributed by atoms with Gasteiger partial charge in [0.15, 0.2) is 0 Å².